The Bertz CT molecular complexity index is 745. The molecule has 0 aliphatic rings. The van der Waals surface area contributed by atoms with E-state index in [1.165, 1.54) is 6.07 Å². The highest BCUT2D eigenvalue weighted by atomic mass is 16.6. The molecule has 6 nitrogen and oxygen atoms in total. The van der Waals surface area contributed by atoms with Gasteiger partial charge in [0.05, 0.1) is 22.7 Å². The van der Waals surface area contributed by atoms with Gasteiger partial charge in [0.15, 0.2) is 0 Å². The minimum atomic E-state index is -0.444. The molecule has 0 heterocycles. The van der Waals surface area contributed by atoms with E-state index in [1.54, 1.807) is 19.1 Å². The molecule has 6 heteroatoms. The van der Waals surface area contributed by atoms with E-state index in [-0.39, 0.29) is 24.2 Å². The SMILES string of the molecule is Cc1c(NC(=O)CN(Cc2ccccc2)C(C)C)cccc1[N+](=O)[O-]. The van der Waals surface area contributed by atoms with Crippen molar-refractivity contribution in [2.75, 3.05) is 11.9 Å². The first kappa shape index (κ1) is 18.6. The molecular formula is C19H23N3O3. The molecule has 0 aromatic heterocycles. The normalized spacial score (nSPS) is 10.9. The zero-order valence-corrected chi connectivity index (χ0v) is 14.7. The molecule has 0 saturated heterocycles. The van der Waals surface area contributed by atoms with E-state index in [0.717, 1.165) is 5.56 Å². The van der Waals surface area contributed by atoms with Crippen LogP contribution in [0.25, 0.3) is 0 Å². The van der Waals surface area contributed by atoms with Crippen molar-refractivity contribution < 1.29 is 9.72 Å². The number of anilines is 1. The van der Waals surface area contributed by atoms with Gasteiger partial charge in [-0.05, 0) is 32.4 Å². The van der Waals surface area contributed by atoms with E-state index >= 15 is 0 Å². The lowest BCUT2D eigenvalue weighted by atomic mass is 10.1. The quantitative estimate of drug-likeness (QED) is 0.615. The summed E-state index contributed by atoms with van der Waals surface area (Å²) in [6.07, 6.45) is 0. The fourth-order valence-corrected chi connectivity index (χ4v) is 2.57. The summed E-state index contributed by atoms with van der Waals surface area (Å²) in [5.41, 5.74) is 2.07. The Morgan fingerprint density at radius 1 is 1.16 bits per heavy atom. The maximum atomic E-state index is 12.4. The van der Waals surface area contributed by atoms with Crippen LogP contribution in [0.5, 0.6) is 0 Å². The fraction of sp³-hybridized carbons (Fsp3) is 0.316. The molecule has 0 unspecified atom stereocenters. The van der Waals surface area contributed by atoms with Crippen molar-refractivity contribution >= 4 is 17.3 Å². The average Bonchev–Trinajstić information content (AvgIpc) is 2.56. The molecule has 0 saturated carbocycles. The van der Waals surface area contributed by atoms with Crippen LogP contribution < -0.4 is 5.32 Å². The van der Waals surface area contributed by atoms with Crippen LogP contribution in [0.15, 0.2) is 48.5 Å². The third kappa shape index (κ3) is 5.12. The van der Waals surface area contributed by atoms with E-state index in [9.17, 15) is 14.9 Å². The van der Waals surface area contributed by atoms with Gasteiger partial charge in [-0.2, -0.15) is 0 Å². The summed E-state index contributed by atoms with van der Waals surface area (Å²) in [6, 6.07) is 14.8. The van der Waals surface area contributed by atoms with Crippen molar-refractivity contribution in [1.82, 2.24) is 4.90 Å². The molecule has 0 fully saturated rings. The first-order valence-electron chi connectivity index (χ1n) is 8.20. The summed E-state index contributed by atoms with van der Waals surface area (Å²) in [7, 11) is 0. The van der Waals surface area contributed by atoms with Crippen molar-refractivity contribution in [2.45, 2.75) is 33.4 Å². The topological polar surface area (TPSA) is 75.5 Å². The van der Waals surface area contributed by atoms with Gasteiger partial charge >= 0.3 is 0 Å². The van der Waals surface area contributed by atoms with Crippen LogP contribution in [0, 0.1) is 17.0 Å². The van der Waals surface area contributed by atoms with E-state index in [2.05, 4.69) is 10.2 Å². The number of nitrogens with zero attached hydrogens (tertiary/aromatic N) is 2. The Morgan fingerprint density at radius 3 is 2.44 bits per heavy atom. The Hall–Kier alpha value is -2.73. The van der Waals surface area contributed by atoms with Gasteiger partial charge in [-0.3, -0.25) is 19.8 Å². The number of nitro benzene ring substituents is 1. The number of hydrogen-bond acceptors (Lipinski definition) is 4. The molecule has 0 radical (unpaired) electrons. The van der Waals surface area contributed by atoms with Gasteiger partial charge in [0, 0.05) is 18.7 Å². The van der Waals surface area contributed by atoms with Gasteiger partial charge in [0.2, 0.25) is 5.91 Å². The first-order valence-corrected chi connectivity index (χ1v) is 8.20. The molecule has 1 N–H and O–H groups in total. The number of rotatable bonds is 7. The van der Waals surface area contributed by atoms with Crippen LogP contribution in [0.1, 0.15) is 25.0 Å². The van der Waals surface area contributed by atoms with Gasteiger partial charge in [-0.1, -0.05) is 36.4 Å². The molecule has 0 aliphatic carbocycles. The largest absolute Gasteiger partial charge is 0.324 e. The molecule has 132 valence electrons. The van der Waals surface area contributed by atoms with Crippen molar-refractivity contribution in [3.05, 3.63) is 69.8 Å². The van der Waals surface area contributed by atoms with Crippen LogP contribution in [0.4, 0.5) is 11.4 Å². The summed E-state index contributed by atoms with van der Waals surface area (Å²) >= 11 is 0. The second-order valence-corrected chi connectivity index (χ2v) is 6.24. The number of nitro groups is 1. The molecule has 2 aromatic rings. The van der Waals surface area contributed by atoms with Crippen molar-refractivity contribution in [3.8, 4) is 0 Å². The monoisotopic (exact) mass is 341 g/mol. The summed E-state index contributed by atoms with van der Waals surface area (Å²) in [6.45, 7) is 6.59. The third-order valence-corrected chi connectivity index (χ3v) is 4.08. The highest BCUT2D eigenvalue weighted by Gasteiger charge is 2.18. The standard InChI is InChI=1S/C19H23N3O3/c1-14(2)21(12-16-8-5-4-6-9-16)13-19(23)20-17-10-7-11-18(15(17)3)22(24)25/h4-11,14H,12-13H2,1-3H3,(H,20,23). The molecule has 25 heavy (non-hydrogen) atoms. The lowest BCUT2D eigenvalue weighted by Gasteiger charge is -2.26. The zero-order chi connectivity index (χ0) is 18.4. The van der Waals surface area contributed by atoms with Crippen LogP contribution in [0.2, 0.25) is 0 Å². The maximum absolute atomic E-state index is 12.4. The molecule has 0 atom stereocenters. The molecule has 2 rings (SSSR count). The molecule has 1 amide bonds. The maximum Gasteiger partial charge on any atom is 0.274 e. The second kappa shape index (κ2) is 8.39. The van der Waals surface area contributed by atoms with E-state index in [4.69, 9.17) is 0 Å². The van der Waals surface area contributed by atoms with Crippen molar-refractivity contribution in [1.29, 1.82) is 0 Å². The minimum Gasteiger partial charge on any atom is -0.324 e. The summed E-state index contributed by atoms with van der Waals surface area (Å²) in [4.78, 5) is 25.1. The van der Waals surface area contributed by atoms with E-state index < -0.39 is 4.92 Å². The Labute approximate surface area is 147 Å². The number of hydrogen-bond donors (Lipinski definition) is 1. The highest BCUT2D eigenvalue weighted by molar-refractivity contribution is 5.93. The summed E-state index contributed by atoms with van der Waals surface area (Å²) in [5, 5.41) is 13.8. The van der Waals surface area contributed by atoms with Gasteiger partial charge in [-0.25, -0.2) is 0 Å². The lowest BCUT2D eigenvalue weighted by Crippen LogP contribution is -2.37. The molecular weight excluding hydrogens is 318 g/mol. The average molecular weight is 341 g/mol. The predicted octanol–water partition coefficient (Wildman–Crippen LogP) is 3.75. The van der Waals surface area contributed by atoms with Crippen LogP contribution in [-0.2, 0) is 11.3 Å². The van der Waals surface area contributed by atoms with Gasteiger partial charge in [-0.15, -0.1) is 0 Å². The van der Waals surface area contributed by atoms with Gasteiger partial charge in [0.25, 0.3) is 5.69 Å². The zero-order valence-electron chi connectivity index (χ0n) is 14.7. The smallest absolute Gasteiger partial charge is 0.274 e. The number of carbonyl (C=O) groups is 1. The molecule has 2 aromatic carbocycles. The summed E-state index contributed by atoms with van der Waals surface area (Å²) in [5.74, 6) is -0.187. The lowest BCUT2D eigenvalue weighted by molar-refractivity contribution is -0.385. The van der Waals surface area contributed by atoms with Crippen LogP contribution in [0.3, 0.4) is 0 Å². The Morgan fingerprint density at radius 2 is 1.84 bits per heavy atom. The van der Waals surface area contributed by atoms with Crippen LogP contribution >= 0.6 is 0 Å². The number of amides is 1. The molecule has 0 spiro atoms. The number of benzene rings is 2. The van der Waals surface area contributed by atoms with Crippen LogP contribution in [-0.4, -0.2) is 28.3 Å². The Kier molecular flexibility index (Phi) is 6.25. The highest BCUT2D eigenvalue weighted by Crippen LogP contribution is 2.25. The second-order valence-electron chi connectivity index (χ2n) is 6.24. The third-order valence-electron chi connectivity index (χ3n) is 4.08. The number of nitrogens with one attached hydrogen (secondary N) is 1. The van der Waals surface area contributed by atoms with E-state index in [1.807, 2.05) is 44.2 Å². The van der Waals surface area contributed by atoms with Crippen molar-refractivity contribution in [3.63, 3.8) is 0 Å². The molecule has 0 aliphatic heterocycles. The first-order chi connectivity index (χ1) is 11.9. The van der Waals surface area contributed by atoms with Crippen molar-refractivity contribution in [2.24, 2.45) is 0 Å². The van der Waals surface area contributed by atoms with E-state index in [0.29, 0.717) is 17.8 Å². The minimum absolute atomic E-state index is 0.00259. The predicted molar refractivity (Wildman–Crippen MR) is 98.5 cm³/mol. The summed E-state index contributed by atoms with van der Waals surface area (Å²) < 4.78 is 0. The Balaban J connectivity index is 2.07. The molecule has 0 bridgehead atoms. The number of carbonyl (C=O) groups excluding carboxylic acids is 1. The van der Waals surface area contributed by atoms with Gasteiger partial charge in [0.1, 0.15) is 0 Å². The fourth-order valence-electron chi connectivity index (χ4n) is 2.57. The van der Waals surface area contributed by atoms with Gasteiger partial charge < -0.3 is 5.32 Å².